The van der Waals surface area contributed by atoms with Gasteiger partial charge in [0.15, 0.2) is 5.96 Å². The zero-order valence-electron chi connectivity index (χ0n) is 14.9. The summed E-state index contributed by atoms with van der Waals surface area (Å²) in [5, 5.41) is 3.17. The van der Waals surface area contributed by atoms with Crippen molar-refractivity contribution < 1.29 is 8.42 Å². The lowest BCUT2D eigenvalue weighted by molar-refractivity contribution is 0.464. The highest BCUT2D eigenvalue weighted by atomic mass is 32.2. The average Bonchev–Trinajstić information content (AvgIpc) is 3.03. The molecule has 0 saturated heterocycles. The Morgan fingerprint density at radius 2 is 2.04 bits per heavy atom. The normalized spacial score (nSPS) is 12.2. The van der Waals surface area contributed by atoms with E-state index in [0.29, 0.717) is 25.5 Å². The number of aromatic nitrogens is 2. The average molecular weight is 363 g/mol. The summed E-state index contributed by atoms with van der Waals surface area (Å²) < 4.78 is 22.3. The van der Waals surface area contributed by atoms with Gasteiger partial charge in [0, 0.05) is 26.9 Å². The molecule has 2 aromatic rings. The van der Waals surface area contributed by atoms with Crippen LogP contribution in [0.4, 0.5) is 0 Å². The number of hydrogen-bond donors (Lipinski definition) is 2. The van der Waals surface area contributed by atoms with Gasteiger partial charge in [-0.25, -0.2) is 13.4 Å². The summed E-state index contributed by atoms with van der Waals surface area (Å²) in [6.07, 6.45) is 3.61. The maximum atomic E-state index is 11.2. The zero-order chi connectivity index (χ0) is 18.3. The van der Waals surface area contributed by atoms with E-state index in [9.17, 15) is 8.42 Å². The minimum Gasteiger partial charge on any atom is -0.356 e. The SMILES string of the molecule is CN=C(NCCCS(C)(=O)=O)N(C)Cc1ncc(-c2ccccc2)[nH]1. The fourth-order valence-corrected chi connectivity index (χ4v) is 3.09. The van der Waals surface area contributed by atoms with Crippen LogP contribution in [0, 0.1) is 0 Å². The number of nitrogens with one attached hydrogen (secondary N) is 2. The Labute approximate surface area is 149 Å². The van der Waals surface area contributed by atoms with E-state index in [2.05, 4.69) is 20.3 Å². The predicted octanol–water partition coefficient (Wildman–Crippen LogP) is 1.52. The number of rotatable bonds is 7. The van der Waals surface area contributed by atoms with Gasteiger partial charge in [0.2, 0.25) is 0 Å². The number of aliphatic imine (C=N–C) groups is 1. The lowest BCUT2D eigenvalue weighted by atomic mass is 10.2. The fourth-order valence-electron chi connectivity index (χ4n) is 2.43. The van der Waals surface area contributed by atoms with Gasteiger partial charge >= 0.3 is 0 Å². The lowest BCUT2D eigenvalue weighted by Crippen LogP contribution is -2.39. The Morgan fingerprint density at radius 3 is 2.68 bits per heavy atom. The van der Waals surface area contributed by atoms with Gasteiger partial charge in [0.05, 0.1) is 24.2 Å². The summed E-state index contributed by atoms with van der Waals surface area (Å²) in [7, 11) is 0.685. The zero-order valence-corrected chi connectivity index (χ0v) is 15.7. The van der Waals surface area contributed by atoms with E-state index in [1.807, 2.05) is 48.5 Å². The first-order chi connectivity index (χ1) is 11.9. The maximum absolute atomic E-state index is 11.2. The number of H-pyrrole nitrogens is 1. The first kappa shape index (κ1) is 19.0. The molecule has 2 rings (SSSR count). The summed E-state index contributed by atoms with van der Waals surface area (Å²) >= 11 is 0. The third-order valence-electron chi connectivity index (χ3n) is 3.65. The summed E-state index contributed by atoms with van der Waals surface area (Å²) in [6, 6.07) is 10.0. The second kappa shape index (κ2) is 8.66. The molecule has 0 radical (unpaired) electrons. The molecule has 1 aromatic carbocycles. The van der Waals surface area contributed by atoms with E-state index < -0.39 is 9.84 Å². The molecule has 0 aliphatic carbocycles. The summed E-state index contributed by atoms with van der Waals surface area (Å²) in [6.45, 7) is 1.12. The highest BCUT2D eigenvalue weighted by Gasteiger charge is 2.10. The van der Waals surface area contributed by atoms with E-state index in [4.69, 9.17) is 0 Å². The van der Waals surface area contributed by atoms with E-state index in [0.717, 1.165) is 17.1 Å². The van der Waals surface area contributed by atoms with Gasteiger partial charge in [-0.2, -0.15) is 0 Å². The Bertz CT molecular complexity index is 799. The summed E-state index contributed by atoms with van der Waals surface area (Å²) in [4.78, 5) is 13.9. The van der Waals surface area contributed by atoms with Gasteiger partial charge in [-0.05, 0) is 12.0 Å². The molecule has 1 heterocycles. The molecule has 0 fully saturated rings. The number of nitrogens with zero attached hydrogens (tertiary/aromatic N) is 3. The molecule has 136 valence electrons. The first-order valence-corrected chi connectivity index (χ1v) is 10.1. The molecule has 25 heavy (non-hydrogen) atoms. The predicted molar refractivity (Wildman–Crippen MR) is 101 cm³/mol. The third-order valence-corrected chi connectivity index (χ3v) is 4.68. The molecule has 0 bridgehead atoms. The van der Waals surface area contributed by atoms with Crippen LogP contribution in [0.2, 0.25) is 0 Å². The number of sulfone groups is 1. The van der Waals surface area contributed by atoms with Gasteiger partial charge < -0.3 is 15.2 Å². The molecular formula is C17H25N5O2S. The smallest absolute Gasteiger partial charge is 0.193 e. The van der Waals surface area contributed by atoms with Crippen molar-refractivity contribution in [1.29, 1.82) is 0 Å². The van der Waals surface area contributed by atoms with Crippen LogP contribution in [0.3, 0.4) is 0 Å². The molecule has 0 aliphatic heterocycles. The first-order valence-electron chi connectivity index (χ1n) is 8.08. The molecular weight excluding hydrogens is 338 g/mol. The maximum Gasteiger partial charge on any atom is 0.193 e. The topological polar surface area (TPSA) is 90.4 Å². The molecule has 0 amide bonds. The highest BCUT2D eigenvalue weighted by molar-refractivity contribution is 7.90. The fraction of sp³-hybridized carbons (Fsp3) is 0.412. The monoisotopic (exact) mass is 363 g/mol. The van der Waals surface area contributed by atoms with Crippen LogP contribution in [0.25, 0.3) is 11.3 Å². The number of guanidine groups is 1. The van der Waals surface area contributed by atoms with E-state index >= 15 is 0 Å². The molecule has 0 atom stereocenters. The van der Waals surface area contributed by atoms with Gasteiger partial charge in [0.1, 0.15) is 15.7 Å². The van der Waals surface area contributed by atoms with Crippen LogP contribution in [0.1, 0.15) is 12.2 Å². The number of imidazole rings is 1. The van der Waals surface area contributed by atoms with Crippen molar-refractivity contribution in [1.82, 2.24) is 20.2 Å². The molecule has 0 aliphatic rings. The number of benzene rings is 1. The van der Waals surface area contributed by atoms with Gasteiger partial charge in [-0.1, -0.05) is 30.3 Å². The van der Waals surface area contributed by atoms with Crippen molar-refractivity contribution >= 4 is 15.8 Å². The third kappa shape index (κ3) is 6.22. The van der Waals surface area contributed by atoms with Crippen LogP contribution in [0.5, 0.6) is 0 Å². The minimum atomic E-state index is -2.93. The number of aromatic amines is 1. The molecule has 8 heteroatoms. The largest absolute Gasteiger partial charge is 0.356 e. The van der Waals surface area contributed by atoms with Crippen molar-refractivity contribution in [2.24, 2.45) is 4.99 Å². The van der Waals surface area contributed by atoms with Crippen molar-refractivity contribution in [2.45, 2.75) is 13.0 Å². The van der Waals surface area contributed by atoms with Crippen LogP contribution in [-0.4, -0.2) is 61.9 Å². The molecule has 7 nitrogen and oxygen atoms in total. The Balaban J connectivity index is 1.89. The standard InChI is InChI=1S/C17H25N5O2S/c1-18-17(19-10-7-11-25(3,23)24)22(2)13-16-20-12-15(21-16)14-8-5-4-6-9-14/h4-6,8-9,12H,7,10-11,13H2,1-3H3,(H,18,19)(H,20,21). The second-order valence-corrected chi connectivity index (χ2v) is 8.18. The minimum absolute atomic E-state index is 0.166. The van der Waals surface area contributed by atoms with Gasteiger partial charge in [-0.3, -0.25) is 4.99 Å². The highest BCUT2D eigenvalue weighted by Crippen LogP contribution is 2.16. The Kier molecular flexibility index (Phi) is 6.58. The van der Waals surface area contributed by atoms with Crippen LogP contribution in [-0.2, 0) is 16.4 Å². The molecule has 1 aromatic heterocycles. The van der Waals surface area contributed by atoms with Crippen molar-refractivity contribution in [3.8, 4) is 11.3 Å². The Hall–Kier alpha value is -2.35. The number of hydrogen-bond acceptors (Lipinski definition) is 4. The Morgan fingerprint density at radius 1 is 1.32 bits per heavy atom. The van der Waals surface area contributed by atoms with Crippen LogP contribution < -0.4 is 5.32 Å². The second-order valence-electron chi connectivity index (χ2n) is 5.92. The van der Waals surface area contributed by atoms with Gasteiger partial charge in [-0.15, -0.1) is 0 Å². The quantitative estimate of drug-likeness (QED) is 0.442. The molecule has 0 spiro atoms. The van der Waals surface area contributed by atoms with E-state index in [-0.39, 0.29) is 5.75 Å². The van der Waals surface area contributed by atoms with E-state index in [1.54, 1.807) is 7.05 Å². The van der Waals surface area contributed by atoms with Crippen LogP contribution >= 0.6 is 0 Å². The summed E-state index contributed by atoms with van der Waals surface area (Å²) in [5.74, 6) is 1.70. The molecule has 2 N–H and O–H groups in total. The lowest BCUT2D eigenvalue weighted by Gasteiger charge is -2.21. The van der Waals surface area contributed by atoms with Crippen molar-refractivity contribution in [2.75, 3.05) is 32.6 Å². The van der Waals surface area contributed by atoms with Crippen molar-refractivity contribution in [3.05, 3.63) is 42.4 Å². The molecule has 0 saturated carbocycles. The van der Waals surface area contributed by atoms with Gasteiger partial charge in [0.25, 0.3) is 0 Å². The van der Waals surface area contributed by atoms with Crippen molar-refractivity contribution in [3.63, 3.8) is 0 Å². The molecule has 0 unspecified atom stereocenters. The van der Waals surface area contributed by atoms with E-state index in [1.165, 1.54) is 6.26 Å². The summed E-state index contributed by atoms with van der Waals surface area (Å²) in [5.41, 5.74) is 2.06. The van der Waals surface area contributed by atoms with Crippen LogP contribution in [0.15, 0.2) is 41.5 Å².